The lowest BCUT2D eigenvalue weighted by atomic mass is 10.0. The first-order chi connectivity index (χ1) is 12.0. The first-order valence-corrected chi connectivity index (χ1v) is 9.67. The number of nitrogens with zero attached hydrogens (tertiary/aromatic N) is 1. The summed E-state index contributed by atoms with van der Waals surface area (Å²) < 4.78 is 5.31. The summed E-state index contributed by atoms with van der Waals surface area (Å²) in [5, 5.41) is 4.62. The third-order valence-corrected chi connectivity index (χ3v) is 5.28. The molecule has 2 rings (SSSR count). The molecule has 1 N–H and O–H groups in total. The minimum Gasteiger partial charge on any atom is -0.462 e. The number of hydrogen-bond donors (Lipinski definition) is 1. The van der Waals surface area contributed by atoms with Crippen LogP contribution in [0, 0.1) is 6.92 Å². The maximum Gasteiger partial charge on any atom is 0.341 e. The fraction of sp³-hybridized carbons (Fsp3) is 0.368. The maximum atomic E-state index is 12.7. The van der Waals surface area contributed by atoms with Crippen molar-refractivity contribution in [3.8, 4) is 11.1 Å². The Hall–Kier alpha value is -1.92. The number of ether oxygens (including phenoxy) is 1. The van der Waals surface area contributed by atoms with Gasteiger partial charge in [-0.2, -0.15) is 0 Å². The van der Waals surface area contributed by atoms with Gasteiger partial charge >= 0.3 is 5.97 Å². The molecule has 0 aliphatic heterocycles. The highest BCUT2D eigenvalue weighted by Gasteiger charge is 2.25. The number of esters is 1. The van der Waals surface area contributed by atoms with Gasteiger partial charge in [0.25, 0.3) is 0 Å². The van der Waals surface area contributed by atoms with E-state index in [0.29, 0.717) is 17.3 Å². The molecule has 134 valence electrons. The van der Waals surface area contributed by atoms with Crippen molar-refractivity contribution >= 4 is 39.6 Å². The summed E-state index contributed by atoms with van der Waals surface area (Å²) in [7, 11) is 0. The number of thiocarbonyl (C=S) groups is 1. The highest BCUT2D eigenvalue weighted by atomic mass is 32.1. The number of carbonyl (C=O) groups excluding carboxylic acids is 1. The Morgan fingerprint density at radius 2 is 1.84 bits per heavy atom. The Kier molecular flexibility index (Phi) is 6.96. The molecule has 0 unspecified atom stereocenters. The number of aryl methyl sites for hydroxylation is 1. The Morgan fingerprint density at radius 1 is 1.20 bits per heavy atom. The van der Waals surface area contributed by atoms with Gasteiger partial charge in [0, 0.05) is 23.5 Å². The lowest BCUT2D eigenvalue weighted by Crippen LogP contribution is -2.34. The van der Waals surface area contributed by atoms with Gasteiger partial charge in [0.05, 0.1) is 6.61 Å². The third kappa shape index (κ3) is 4.38. The van der Waals surface area contributed by atoms with Crippen molar-refractivity contribution in [2.24, 2.45) is 0 Å². The van der Waals surface area contributed by atoms with Crippen LogP contribution in [0.25, 0.3) is 11.1 Å². The van der Waals surface area contributed by atoms with E-state index in [1.54, 1.807) is 0 Å². The molecular weight excluding hydrogens is 352 g/mol. The highest BCUT2D eigenvalue weighted by molar-refractivity contribution is 7.80. The lowest BCUT2D eigenvalue weighted by molar-refractivity contribution is 0.0529. The first kappa shape index (κ1) is 19.4. The van der Waals surface area contributed by atoms with Gasteiger partial charge < -0.3 is 15.0 Å². The van der Waals surface area contributed by atoms with Crippen LogP contribution < -0.4 is 5.32 Å². The van der Waals surface area contributed by atoms with Crippen LogP contribution in [0.1, 0.15) is 36.0 Å². The van der Waals surface area contributed by atoms with Crippen molar-refractivity contribution in [2.45, 2.75) is 27.7 Å². The zero-order valence-corrected chi connectivity index (χ0v) is 16.7. The number of benzene rings is 1. The average molecular weight is 377 g/mol. The summed E-state index contributed by atoms with van der Waals surface area (Å²) in [6.45, 7) is 9.90. The van der Waals surface area contributed by atoms with Crippen molar-refractivity contribution < 1.29 is 9.53 Å². The van der Waals surface area contributed by atoms with Crippen molar-refractivity contribution in [2.75, 3.05) is 25.0 Å². The predicted octanol–water partition coefficient (Wildman–Crippen LogP) is 4.94. The molecule has 6 heteroatoms. The second kappa shape index (κ2) is 8.97. The van der Waals surface area contributed by atoms with E-state index in [0.717, 1.165) is 34.1 Å². The van der Waals surface area contributed by atoms with Crippen LogP contribution in [0.5, 0.6) is 0 Å². The SMILES string of the molecule is CCOC(=O)c1c(NC(=S)N(CC)CC)sc(C)c1-c1ccccc1. The Labute approximate surface area is 158 Å². The summed E-state index contributed by atoms with van der Waals surface area (Å²) in [6.07, 6.45) is 0. The van der Waals surface area contributed by atoms with E-state index < -0.39 is 0 Å². The smallest absolute Gasteiger partial charge is 0.341 e. The zero-order chi connectivity index (χ0) is 18.4. The fourth-order valence-corrected chi connectivity index (χ4v) is 4.16. The largest absolute Gasteiger partial charge is 0.462 e. The normalized spacial score (nSPS) is 10.4. The van der Waals surface area contributed by atoms with Gasteiger partial charge in [-0.05, 0) is 45.5 Å². The summed E-state index contributed by atoms with van der Waals surface area (Å²) >= 11 is 7.04. The van der Waals surface area contributed by atoms with Crippen molar-refractivity contribution in [1.82, 2.24) is 4.90 Å². The standard InChI is InChI=1S/C19H24N2O2S2/c1-5-21(6-2)19(24)20-17-16(18(22)23-7-3)15(13(4)25-17)14-11-9-8-10-12-14/h8-12H,5-7H2,1-4H3,(H,20,24). The van der Waals surface area contributed by atoms with Crippen LogP contribution in [0.15, 0.2) is 30.3 Å². The molecule has 0 saturated heterocycles. The molecule has 0 fully saturated rings. The summed E-state index contributed by atoms with van der Waals surface area (Å²) in [5.74, 6) is -0.324. The van der Waals surface area contributed by atoms with Gasteiger partial charge in [0.1, 0.15) is 10.6 Å². The van der Waals surface area contributed by atoms with Gasteiger partial charge in [-0.1, -0.05) is 30.3 Å². The van der Waals surface area contributed by atoms with Gasteiger partial charge in [-0.25, -0.2) is 4.79 Å². The molecule has 1 heterocycles. The van der Waals surface area contributed by atoms with Crippen LogP contribution >= 0.6 is 23.6 Å². The number of hydrogen-bond acceptors (Lipinski definition) is 4. The molecule has 0 atom stereocenters. The molecule has 0 radical (unpaired) electrons. The summed E-state index contributed by atoms with van der Waals surface area (Å²) in [4.78, 5) is 15.7. The second-order valence-corrected chi connectivity index (χ2v) is 7.04. The minimum atomic E-state index is -0.324. The lowest BCUT2D eigenvalue weighted by Gasteiger charge is -2.22. The van der Waals surface area contributed by atoms with E-state index in [1.807, 2.05) is 49.1 Å². The number of thiophene rings is 1. The number of carbonyl (C=O) groups is 1. The topological polar surface area (TPSA) is 41.6 Å². The number of anilines is 1. The fourth-order valence-electron chi connectivity index (χ4n) is 2.67. The van der Waals surface area contributed by atoms with Gasteiger partial charge in [0.15, 0.2) is 5.11 Å². The van der Waals surface area contributed by atoms with Crippen LogP contribution in [0.4, 0.5) is 5.00 Å². The van der Waals surface area contributed by atoms with Crippen molar-refractivity contribution in [3.05, 3.63) is 40.8 Å². The minimum absolute atomic E-state index is 0.324. The number of nitrogens with one attached hydrogen (secondary N) is 1. The molecule has 4 nitrogen and oxygen atoms in total. The molecule has 1 aromatic carbocycles. The molecule has 1 aromatic heterocycles. The van der Waals surface area contributed by atoms with Gasteiger partial charge in [-0.15, -0.1) is 11.3 Å². The molecule has 25 heavy (non-hydrogen) atoms. The van der Waals surface area contributed by atoms with Gasteiger partial charge in [-0.3, -0.25) is 0 Å². The molecule has 0 aliphatic carbocycles. The Morgan fingerprint density at radius 3 is 2.40 bits per heavy atom. The maximum absolute atomic E-state index is 12.7. The van der Waals surface area contributed by atoms with E-state index >= 15 is 0 Å². The van der Waals surface area contributed by atoms with E-state index in [2.05, 4.69) is 19.2 Å². The molecule has 2 aromatic rings. The molecule has 0 bridgehead atoms. The number of rotatable bonds is 6. The van der Waals surface area contributed by atoms with Crippen LogP contribution in [-0.4, -0.2) is 35.7 Å². The third-order valence-electron chi connectivity index (χ3n) is 3.90. The predicted molar refractivity (Wildman–Crippen MR) is 110 cm³/mol. The van der Waals surface area contributed by atoms with Crippen LogP contribution in [-0.2, 0) is 4.74 Å². The molecular formula is C19H24N2O2S2. The Balaban J connectivity index is 2.50. The van der Waals surface area contributed by atoms with Crippen LogP contribution in [0.3, 0.4) is 0 Å². The van der Waals surface area contributed by atoms with E-state index in [1.165, 1.54) is 11.3 Å². The highest BCUT2D eigenvalue weighted by Crippen LogP contribution is 2.40. The Bertz CT molecular complexity index is 737. The second-order valence-electron chi connectivity index (χ2n) is 5.43. The summed E-state index contributed by atoms with van der Waals surface area (Å²) in [5.41, 5.74) is 2.47. The first-order valence-electron chi connectivity index (χ1n) is 8.45. The van der Waals surface area contributed by atoms with Gasteiger partial charge in [0.2, 0.25) is 0 Å². The van der Waals surface area contributed by atoms with Crippen molar-refractivity contribution in [1.29, 1.82) is 0 Å². The zero-order valence-electron chi connectivity index (χ0n) is 15.1. The molecule has 0 spiro atoms. The molecule has 0 saturated carbocycles. The van der Waals surface area contributed by atoms with Crippen molar-refractivity contribution in [3.63, 3.8) is 0 Å². The monoisotopic (exact) mass is 376 g/mol. The van der Waals surface area contributed by atoms with Crippen LogP contribution in [0.2, 0.25) is 0 Å². The average Bonchev–Trinajstić information content (AvgIpc) is 2.93. The summed E-state index contributed by atoms with van der Waals surface area (Å²) in [6, 6.07) is 9.91. The molecule has 0 amide bonds. The van der Waals surface area contributed by atoms with E-state index in [-0.39, 0.29) is 5.97 Å². The quantitative estimate of drug-likeness (QED) is 0.571. The van der Waals surface area contributed by atoms with E-state index in [9.17, 15) is 4.79 Å². The molecule has 0 aliphatic rings. The van der Waals surface area contributed by atoms with E-state index in [4.69, 9.17) is 17.0 Å².